The van der Waals surface area contributed by atoms with Crippen molar-refractivity contribution < 1.29 is 19.1 Å². The van der Waals surface area contributed by atoms with Crippen LogP contribution in [-0.4, -0.2) is 26.8 Å². The van der Waals surface area contributed by atoms with Gasteiger partial charge >= 0.3 is 6.03 Å². The molecule has 0 spiro atoms. The lowest BCUT2D eigenvalue weighted by atomic mass is 9.82. The molecule has 1 saturated carbocycles. The Labute approximate surface area is 227 Å². The van der Waals surface area contributed by atoms with Gasteiger partial charge in [-0.05, 0) is 72.3 Å². The number of halogens is 1. The van der Waals surface area contributed by atoms with Crippen LogP contribution in [0.1, 0.15) is 46.1 Å². The molecular formula is C30H25FN4O3S. The van der Waals surface area contributed by atoms with Crippen LogP contribution in [0.15, 0.2) is 78.9 Å². The van der Waals surface area contributed by atoms with Crippen LogP contribution in [-0.2, 0) is 6.54 Å². The maximum Gasteiger partial charge on any atom is 0.342 e. The molecule has 6 rings (SSSR count). The number of carbonyl (C=O) groups excluding carboxylic acids is 2. The third-order valence-electron chi connectivity index (χ3n) is 6.97. The van der Waals surface area contributed by atoms with E-state index in [2.05, 4.69) is 15.7 Å². The van der Waals surface area contributed by atoms with Gasteiger partial charge in [0.25, 0.3) is 5.91 Å². The number of aromatic hydroxyl groups is 1. The fraction of sp³-hybridized carbons (Fsp3) is 0.167. The van der Waals surface area contributed by atoms with Crippen molar-refractivity contribution in [1.82, 2.24) is 15.1 Å². The molecule has 3 N–H and O–H groups in total. The average molecular weight is 541 g/mol. The molecule has 2 heterocycles. The van der Waals surface area contributed by atoms with Gasteiger partial charge in [0.1, 0.15) is 11.6 Å². The molecule has 9 heteroatoms. The van der Waals surface area contributed by atoms with Gasteiger partial charge in [0.15, 0.2) is 0 Å². The molecule has 39 heavy (non-hydrogen) atoms. The zero-order valence-corrected chi connectivity index (χ0v) is 21.7. The van der Waals surface area contributed by atoms with Crippen molar-refractivity contribution in [1.29, 1.82) is 0 Å². The summed E-state index contributed by atoms with van der Waals surface area (Å²) in [6.45, 7) is 0.153. The number of amides is 2. The Hall–Kier alpha value is -4.50. The first-order valence-corrected chi connectivity index (χ1v) is 13.5. The number of phenols is 1. The largest absolute Gasteiger partial charge is 0.507 e. The van der Waals surface area contributed by atoms with Crippen LogP contribution in [0.25, 0.3) is 21.3 Å². The second-order valence-electron chi connectivity index (χ2n) is 9.62. The van der Waals surface area contributed by atoms with Gasteiger partial charge in [-0.15, -0.1) is 11.3 Å². The van der Waals surface area contributed by atoms with Gasteiger partial charge in [-0.1, -0.05) is 36.8 Å². The Kier molecular flexibility index (Phi) is 6.58. The topological polar surface area (TPSA) is 96.2 Å². The Bertz CT molecular complexity index is 1670. The molecule has 196 valence electrons. The van der Waals surface area contributed by atoms with Crippen LogP contribution < -0.4 is 10.6 Å². The fourth-order valence-corrected chi connectivity index (χ4v) is 5.65. The number of rotatable bonds is 6. The first kappa shape index (κ1) is 24.8. The van der Waals surface area contributed by atoms with Gasteiger partial charge in [0.05, 0.1) is 16.3 Å². The Balaban J connectivity index is 1.26. The first-order chi connectivity index (χ1) is 18.9. The average Bonchev–Trinajstić information content (AvgIpc) is 3.52. The van der Waals surface area contributed by atoms with Gasteiger partial charge in [0.2, 0.25) is 0 Å². The number of benzene rings is 3. The van der Waals surface area contributed by atoms with E-state index in [1.807, 2.05) is 36.4 Å². The molecule has 0 unspecified atom stereocenters. The molecule has 3 aromatic carbocycles. The van der Waals surface area contributed by atoms with Crippen molar-refractivity contribution >= 4 is 39.0 Å². The minimum Gasteiger partial charge on any atom is -0.507 e. The number of phenolic OH excluding ortho intramolecular Hbond substituents is 1. The molecule has 1 aliphatic carbocycles. The van der Waals surface area contributed by atoms with Crippen LogP contribution >= 0.6 is 11.3 Å². The van der Waals surface area contributed by atoms with Crippen molar-refractivity contribution in [3.8, 4) is 17.0 Å². The lowest BCUT2D eigenvalue weighted by Crippen LogP contribution is -2.31. The van der Waals surface area contributed by atoms with Crippen molar-refractivity contribution in [3.63, 3.8) is 0 Å². The van der Waals surface area contributed by atoms with Crippen LogP contribution in [0.5, 0.6) is 5.75 Å². The second-order valence-corrected chi connectivity index (χ2v) is 10.7. The molecule has 0 aliphatic heterocycles. The number of hydrogen-bond donors (Lipinski definition) is 3. The highest BCUT2D eigenvalue weighted by Crippen LogP contribution is 2.39. The number of carbonyl (C=O) groups is 2. The summed E-state index contributed by atoms with van der Waals surface area (Å²) in [6.07, 6.45) is 2.96. The van der Waals surface area contributed by atoms with Crippen molar-refractivity contribution in [2.45, 2.75) is 31.7 Å². The third-order valence-corrected chi connectivity index (χ3v) is 8.08. The summed E-state index contributed by atoms with van der Waals surface area (Å²) in [6, 6.07) is 21.9. The molecule has 0 saturated heterocycles. The number of thiophene rings is 1. The normalized spacial score (nSPS) is 13.3. The minimum absolute atomic E-state index is 0.0140. The molecule has 0 bridgehead atoms. The molecule has 1 fully saturated rings. The van der Waals surface area contributed by atoms with E-state index in [9.17, 15) is 19.1 Å². The molecule has 2 amide bonds. The van der Waals surface area contributed by atoms with Gasteiger partial charge < -0.3 is 15.7 Å². The van der Waals surface area contributed by atoms with E-state index < -0.39 is 6.03 Å². The first-order valence-electron chi connectivity index (χ1n) is 12.7. The molecule has 5 aromatic rings. The highest BCUT2D eigenvalue weighted by Gasteiger charge is 2.27. The van der Waals surface area contributed by atoms with E-state index in [4.69, 9.17) is 0 Å². The highest BCUT2D eigenvalue weighted by molar-refractivity contribution is 7.20. The van der Waals surface area contributed by atoms with Crippen molar-refractivity contribution in [2.75, 3.05) is 5.32 Å². The number of hydrogen-bond acceptors (Lipinski definition) is 5. The Morgan fingerprint density at radius 1 is 1.03 bits per heavy atom. The van der Waals surface area contributed by atoms with Gasteiger partial charge in [-0.25, -0.2) is 9.18 Å². The second kappa shape index (κ2) is 10.3. The quantitative estimate of drug-likeness (QED) is 0.204. The number of nitrogens with zero attached hydrogens (tertiary/aromatic N) is 2. The lowest BCUT2D eigenvalue weighted by Gasteiger charge is -2.25. The van der Waals surface area contributed by atoms with E-state index in [0.29, 0.717) is 27.4 Å². The molecule has 1 aliphatic rings. The lowest BCUT2D eigenvalue weighted by molar-refractivity contribution is 0.103. The summed E-state index contributed by atoms with van der Waals surface area (Å²) in [5.74, 6) is -0.442. The maximum absolute atomic E-state index is 13.5. The maximum atomic E-state index is 13.5. The monoisotopic (exact) mass is 540 g/mol. The number of aromatic nitrogens is 2. The number of fused-ring (bicyclic) bond motifs is 1. The summed E-state index contributed by atoms with van der Waals surface area (Å²) < 4.78 is 15.9. The smallest absolute Gasteiger partial charge is 0.342 e. The third kappa shape index (κ3) is 5.13. The van der Waals surface area contributed by atoms with Crippen LogP contribution in [0, 0.1) is 5.82 Å². The van der Waals surface area contributed by atoms with E-state index in [1.54, 1.807) is 24.3 Å². The zero-order chi connectivity index (χ0) is 26.9. The van der Waals surface area contributed by atoms with Gasteiger partial charge in [-0.2, -0.15) is 9.78 Å². The summed E-state index contributed by atoms with van der Waals surface area (Å²) in [5, 5.41) is 21.9. The van der Waals surface area contributed by atoms with E-state index in [1.165, 1.54) is 34.2 Å². The molecule has 0 radical (unpaired) electrons. The van der Waals surface area contributed by atoms with Crippen LogP contribution in [0.2, 0.25) is 0 Å². The zero-order valence-electron chi connectivity index (χ0n) is 20.9. The standard InChI is InChI=1S/C30H25FN4O3S/c31-21-9-3-5-18(13-21)17-32-30(38)35-25(19-7-4-8-19)16-24(34-35)23-15-22(11-12-26(23)36)33-29(37)28-14-20-6-1-2-10-27(20)39-28/h1-3,5-6,9-16,19,36H,4,7-8,17H2,(H,32,38)(H,33,37). The van der Waals surface area contributed by atoms with E-state index in [0.717, 1.165) is 35.0 Å². The summed E-state index contributed by atoms with van der Waals surface area (Å²) >= 11 is 1.41. The fourth-order valence-electron chi connectivity index (χ4n) is 4.69. The Morgan fingerprint density at radius 3 is 2.64 bits per heavy atom. The predicted octanol–water partition coefficient (Wildman–Crippen LogP) is 6.89. The molecular weight excluding hydrogens is 515 g/mol. The van der Waals surface area contributed by atoms with Gasteiger partial charge in [0, 0.05) is 28.4 Å². The summed E-state index contributed by atoms with van der Waals surface area (Å²) in [5.41, 5.74) is 2.72. The summed E-state index contributed by atoms with van der Waals surface area (Å²) in [4.78, 5) is 26.6. The highest BCUT2D eigenvalue weighted by atomic mass is 32.1. The minimum atomic E-state index is -0.430. The number of anilines is 1. The summed E-state index contributed by atoms with van der Waals surface area (Å²) in [7, 11) is 0. The molecule has 2 aromatic heterocycles. The number of nitrogens with one attached hydrogen (secondary N) is 2. The predicted molar refractivity (Wildman–Crippen MR) is 150 cm³/mol. The van der Waals surface area contributed by atoms with Crippen LogP contribution in [0.3, 0.4) is 0 Å². The molecule has 0 atom stereocenters. The van der Waals surface area contributed by atoms with E-state index in [-0.39, 0.29) is 29.9 Å². The van der Waals surface area contributed by atoms with Gasteiger partial charge in [-0.3, -0.25) is 4.79 Å². The van der Waals surface area contributed by atoms with Crippen molar-refractivity contribution in [3.05, 3.63) is 101 Å². The van der Waals surface area contributed by atoms with Crippen LogP contribution in [0.4, 0.5) is 14.9 Å². The molecule has 7 nitrogen and oxygen atoms in total. The van der Waals surface area contributed by atoms with Crippen molar-refractivity contribution in [2.24, 2.45) is 0 Å². The SMILES string of the molecule is O=C(Nc1ccc(O)c(-c2cc(C3CCC3)n(C(=O)NCc3cccc(F)c3)n2)c1)c1cc2ccccc2s1. The van der Waals surface area contributed by atoms with E-state index >= 15 is 0 Å². The Morgan fingerprint density at radius 2 is 1.87 bits per heavy atom.